The van der Waals surface area contributed by atoms with E-state index < -0.39 is 11.1 Å². The van der Waals surface area contributed by atoms with E-state index in [2.05, 4.69) is 16.4 Å². The van der Waals surface area contributed by atoms with Crippen LogP contribution < -0.4 is 5.32 Å². The van der Waals surface area contributed by atoms with Crippen LogP contribution in [0.3, 0.4) is 0 Å². The van der Waals surface area contributed by atoms with Crippen LogP contribution in [0.25, 0.3) is 0 Å². The monoisotopic (exact) mass is 348 g/mol. The van der Waals surface area contributed by atoms with Crippen LogP contribution in [0.1, 0.15) is 64.9 Å². The zero-order chi connectivity index (χ0) is 17.6. The molecule has 1 heterocycles. The van der Waals surface area contributed by atoms with Gasteiger partial charge in [0.1, 0.15) is 5.60 Å². The van der Waals surface area contributed by atoms with E-state index in [1.54, 1.807) is 6.20 Å². The average Bonchev–Trinajstić information content (AvgIpc) is 2.52. The number of aromatic nitrogens is 1. The largest absolute Gasteiger partial charge is 0.444 e. The molecular formula is C19H28N2O2S. The van der Waals surface area contributed by atoms with E-state index in [4.69, 9.17) is 17.0 Å². The maximum absolute atomic E-state index is 12.3. The summed E-state index contributed by atoms with van der Waals surface area (Å²) < 4.78 is 5.46. The second-order valence-electron chi connectivity index (χ2n) is 7.55. The predicted octanol–water partition coefficient (Wildman–Crippen LogP) is 4.61. The Labute approximate surface area is 150 Å². The van der Waals surface area contributed by atoms with Crippen molar-refractivity contribution in [3.05, 3.63) is 30.1 Å². The number of amides is 1. The van der Waals surface area contributed by atoms with Crippen molar-refractivity contribution < 1.29 is 9.53 Å². The molecule has 0 atom stereocenters. The molecular weight excluding hydrogens is 320 g/mol. The van der Waals surface area contributed by atoms with Crippen molar-refractivity contribution in [3.8, 4) is 0 Å². The summed E-state index contributed by atoms with van der Waals surface area (Å²) in [7, 11) is 0. The van der Waals surface area contributed by atoms with Gasteiger partial charge in [0.25, 0.3) is 0 Å². The van der Waals surface area contributed by atoms with E-state index in [9.17, 15) is 4.79 Å². The molecule has 4 nitrogen and oxygen atoms in total. The van der Waals surface area contributed by atoms with Crippen LogP contribution in [0.5, 0.6) is 0 Å². The topological polar surface area (TPSA) is 51.2 Å². The lowest BCUT2D eigenvalue weighted by molar-refractivity contribution is 0.0468. The summed E-state index contributed by atoms with van der Waals surface area (Å²) in [6, 6.07) is 4.00. The average molecular weight is 349 g/mol. The van der Waals surface area contributed by atoms with E-state index in [1.807, 2.05) is 33.0 Å². The second kappa shape index (κ2) is 8.06. The van der Waals surface area contributed by atoms with Crippen molar-refractivity contribution in [2.24, 2.45) is 0 Å². The van der Waals surface area contributed by atoms with Gasteiger partial charge in [-0.2, -0.15) is 0 Å². The van der Waals surface area contributed by atoms with Crippen molar-refractivity contribution in [3.63, 3.8) is 0 Å². The highest BCUT2D eigenvalue weighted by atomic mass is 32.1. The highest BCUT2D eigenvalue weighted by molar-refractivity contribution is 7.80. The molecule has 5 heteroatoms. The van der Waals surface area contributed by atoms with Crippen LogP contribution in [0.4, 0.5) is 4.79 Å². The molecule has 132 valence electrons. The number of hydrogen-bond donors (Lipinski definition) is 1. The maximum atomic E-state index is 12.3. The van der Waals surface area contributed by atoms with Crippen LogP contribution in [-0.4, -0.2) is 27.1 Å². The molecule has 1 aliphatic carbocycles. The SMILES string of the molecule is CC(C)(C)OC(=O)NC1(C(=S)CCc2cccnc2)CCCCC1. The lowest BCUT2D eigenvalue weighted by atomic mass is 9.78. The molecule has 1 saturated carbocycles. The summed E-state index contributed by atoms with van der Waals surface area (Å²) in [5.74, 6) is 0. The number of hydrogen-bond acceptors (Lipinski definition) is 4. The fourth-order valence-electron chi connectivity index (χ4n) is 3.17. The van der Waals surface area contributed by atoms with Gasteiger partial charge < -0.3 is 10.1 Å². The fourth-order valence-corrected chi connectivity index (χ4v) is 3.53. The van der Waals surface area contributed by atoms with Gasteiger partial charge in [0.15, 0.2) is 0 Å². The highest BCUT2D eigenvalue weighted by Crippen LogP contribution is 2.31. The Bertz CT molecular complexity index is 560. The van der Waals surface area contributed by atoms with Gasteiger partial charge in [-0.05, 0) is 58.1 Å². The quantitative estimate of drug-likeness (QED) is 0.789. The van der Waals surface area contributed by atoms with Crippen LogP contribution in [0.15, 0.2) is 24.5 Å². The normalized spacial score (nSPS) is 17.1. The first kappa shape index (κ1) is 18.8. The lowest BCUT2D eigenvalue weighted by Gasteiger charge is -2.39. The fraction of sp³-hybridized carbons (Fsp3) is 0.632. The Morgan fingerprint density at radius 3 is 2.62 bits per heavy atom. The smallest absolute Gasteiger partial charge is 0.408 e. The summed E-state index contributed by atoms with van der Waals surface area (Å²) >= 11 is 5.75. The van der Waals surface area contributed by atoms with Crippen molar-refractivity contribution in [2.75, 3.05) is 0 Å². The molecule has 0 aromatic carbocycles. The molecule has 24 heavy (non-hydrogen) atoms. The summed E-state index contributed by atoms with van der Waals surface area (Å²) in [5, 5.41) is 3.11. The Morgan fingerprint density at radius 1 is 1.33 bits per heavy atom. The molecule has 1 N–H and O–H groups in total. The number of pyridine rings is 1. The summed E-state index contributed by atoms with van der Waals surface area (Å²) in [4.78, 5) is 17.4. The van der Waals surface area contributed by atoms with Crippen molar-refractivity contribution >= 4 is 23.2 Å². The number of thiocarbonyl (C=S) groups is 1. The van der Waals surface area contributed by atoms with Gasteiger partial charge in [0.05, 0.1) is 5.54 Å². The van der Waals surface area contributed by atoms with Gasteiger partial charge >= 0.3 is 6.09 Å². The molecule has 1 fully saturated rings. The van der Waals surface area contributed by atoms with E-state index in [-0.39, 0.29) is 6.09 Å². The molecule has 1 aliphatic rings. The molecule has 1 amide bonds. The van der Waals surface area contributed by atoms with Gasteiger partial charge in [-0.1, -0.05) is 37.5 Å². The summed E-state index contributed by atoms with van der Waals surface area (Å²) in [6.45, 7) is 5.63. The van der Waals surface area contributed by atoms with E-state index >= 15 is 0 Å². The van der Waals surface area contributed by atoms with Crippen LogP contribution in [0.2, 0.25) is 0 Å². The van der Waals surface area contributed by atoms with E-state index in [1.165, 1.54) is 12.0 Å². The number of nitrogens with one attached hydrogen (secondary N) is 1. The van der Waals surface area contributed by atoms with Crippen LogP contribution in [-0.2, 0) is 11.2 Å². The van der Waals surface area contributed by atoms with Crippen LogP contribution in [0, 0.1) is 0 Å². The first-order valence-electron chi connectivity index (χ1n) is 8.74. The van der Waals surface area contributed by atoms with Crippen molar-refractivity contribution in [1.82, 2.24) is 10.3 Å². The highest BCUT2D eigenvalue weighted by Gasteiger charge is 2.38. The zero-order valence-electron chi connectivity index (χ0n) is 14.9. The molecule has 0 saturated heterocycles. The minimum absolute atomic E-state index is 0.367. The second-order valence-corrected chi connectivity index (χ2v) is 8.05. The molecule has 1 aromatic rings. The molecule has 2 rings (SSSR count). The maximum Gasteiger partial charge on any atom is 0.408 e. The van der Waals surface area contributed by atoms with Crippen LogP contribution >= 0.6 is 12.2 Å². The number of ether oxygens (including phenoxy) is 1. The van der Waals surface area contributed by atoms with Gasteiger partial charge in [-0.15, -0.1) is 0 Å². The molecule has 0 bridgehead atoms. The number of nitrogens with zero attached hydrogens (tertiary/aromatic N) is 1. The third-order valence-electron chi connectivity index (χ3n) is 4.34. The lowest BCUT2D eigenvalue weighted by Crippen LogP contribution is -2.56. The Kier molecular flexibility index (Phi) is 6.33. The van der Waals surface area contributed by atoms with Gasteiger partial charge in [-0.25, -0.2) is 4.79 Å². The Morgan fingerprint density at radius 2 is 2.04 bits per heavy atom. The first-order valence-corrected chi connectivity index (χ1v) is 9.15. The predicted molar refractivity (Wildman–Crippen MR) is 100 cm³/mol. The number of rotatable bonds is 5. The standard InChI is InChI=1S/C19H28N2O2S/c1-18(2,3)23-17(22)21-19(11-5-4-6-12-19)16(24)10-9-15-8-7-13-20-14-15/h7-8,13-14H,4-6,9-12H2,1-3H3,(H,21,22). The number of carbonyl (C=O) groups excluding carboxylic acids is 1. The molecule has 0 spiro atoms. The zero-order valence-corrected chi connectivity index (χ0v) is 15.7. The minimum Gasteiger partial charge on any atom is -0.444 e. The number of alkyl carbamates (subject to hydrolysis) is 1. The van der Waals surface area contributed by atoms with Crippen molar-refractivity contribution in [2.45, 2.75) is 76.9 Å². The van der Waals surface area contributed by atoms with Gasteiger partial charge in [0, 0.05) is 17.3 Å². The van der Waals surface area contributed by atoms with Gasteiger partial charge in [0.2, 0.25) is 0 Å². The molecule has 0 aliphatic heterocycles. The molecule has 0 unspecified atom stereocenters. The Hall–Kier alpha value is -1.49. The van der Waals surface area contributed by atoms with Gasteiger partial charge in [-0.3, -0.25) is 4.98 Å². The summed E-state index contributed by atoms with van der Waals surface area (Å²) in [6.07, 6.45) is 10.1. The van der Waals surface area contributed by atoms with E-state index in [0.717, 1.165) is 43.4 Å². The number of aryl methyl sites for hydroxylation is 1. The molecule has 0 radical (unpaired) electrons. The Balaban J connectivity index is 2.03. The minimum atomic E-state index is -0.503. The third-order valence-corrected chi connectivity index (χ3v) is 4.94. The third kappa shape index (κ3) is 5.55. The summed E-state index contributed by atoms with van der Waals surface area (Å²) in [5.41, 5.74) is 0.262. The number of carbonyl (C=O) groups is 1. The van der Waals surface area contributed by atoms with Crippen molar-refractivity contribution in [1.29, 1.82) is 0 Å². The molecule has 1 aromatic heterocycles. The van der Waals surface area contributed by atoms with E-state index in [0.29, 0.717) is 0 Å². The first-order chi connectivity index (χ1) is 11.3.